The fourth-order valence-electron chi connectivity index (χ4n) is 2.84. The van der Waals surface area contributed by atoms with Crippen molar-refractivity contribution in [3.8, 4) is 0 Å². The number of nitrogens with one attached hydrogen (secondary N) is 1. The maximum Gasteiger partial charge on any atom is 0.0598 e. The van der Waals surface area contributed by atoms with Gasteiger partial charge in [0.05, 0.1) is 5.60 Å². The minimum atomic E-state index is 0.00511. The second-order valence-electron chi connectivity index (χ2n) is 7.44. The molecule has 1 fully saturated rings. The highest BCUT2D eigenvalue weighted by atomic mass is 16.5. The molecule has 2 nitrogen and oxygen atoms in total. The number of rotatable bonds is 7. The lowest BCUT2D eigenvalue weighted by Crippen LogP contribution is -2.35. The van der Waals surface area contributed by atoms with Crippen molar-refractivity contribution in [3.63, 3.8) is 0 Å². The Morgan fingerprint density at radius 2 is 1.78 bits per heavy atom. The van der Waals surface area contributed by atoms with Crippen LogP contribution in [0.4, 0.5) is 0 Å². The van der Waals surface area contributed by atoms with Crippen LogP contribution in [-0.4, -0.2) is 25.3 Å². The highest BCUT2D eigenvalue weighted by Crippen LogP contribution is 2.40. The maximum atomic E-state index is 5.92. The molecule has 0 bridgehead atoms. The van der Waals surface area contributed by atoms with Crippen molar-refractivity contribution in [2.24, 2.45) is 11.3 Å². The minimum Gasteiger partial charge on any atom is -0.376 e. The first-order chi connectivity index (χ1) is 8.33. The third kappa shape index (κ3) is 6.19. The van der Waals surface area contributed by atoms with E-state index in [1.165, 1.54) is 38.6 Å². The van der Waals surface area contributed by atoms with E-state index in [2.05, 4.69) is 39.9 Å². The van der Waals surface area contributed by atoms with E-state index in [9.17, 15) is 0 Å². The molecular weight excluding hydrogens is 222 g/mol. The van der Waals surface area contributed by atoms with E-state index in [1.54, 1.807) is 0 Å². The molecule has 0 saturated heterocycles. The Bertz CT molecular complexity index is 224. The summed E-state index contributed by atoms with van der Waals surface area (Å²) in [7, 11) is 0. The van der Waals surface area contributed by atoms with E-state index < -0.39 is 0 Å². The van der Waals surface area contributed by atoms with Crippen LogP contribution >= 0.6 is 0 Å². The van der Waals surface area contributed by atoms with Gasteiger partial charge in [-0.15, -0.1) is 0 Å². The molecule has 18 heavy (non-hydrogen) atoms. The first-order valence-corrected chi connectivity index (χ1v) is 7.68. The molecule has 0 radical (unpaired) electrons. The van der Waals surface area contributed by atoms with E-state index >= 15 is 0 Å². The smallest absolute Gasteiger partial charge is 0.0598 e. The molecule has 0 aromatic heterocycles. The summed E-state index contributed by atoms with van der Waals surface area (Å²) in [6.07, 6.45) is 6.78. The molecule has 1 rings (SSSR count). The van der Waals surface area contributed by atoms with Gasteiger partial charge in [0, 0.05) is 13.2 Å². The Morgan fingerprint density at radius 3 is 2.28 bits per heavy atom. The second kappa shape index (κ2) is 6.91. The minimum absolute atomic E-state index is 0.00511. The molecule has 0 atom stereocenters. The molecular formula is C16H33NO. The van der Waals surface area contributed by atoms with Gasteiger partial charge in [-0.05, 0) is 57.9 Å². The Labute approximate surface area is 114 Å². The molecule has 2 heteroatoms. The Balaban J connectivity index is 2.33. The molecule has 1 N–H and O–H groups in total. The van der Waals surface area contributed by atoms with Crippen molar-refractivity contribution in [2.45, 2.75) is 72.3 Å². The summed E-state index contributed by atoms with van der Waals surface area (Å²) in [5.41, 5.74) is 0.519. The van der Waals surface area contributed by atoms with Crippen LogP contribution in [0.2, 0.25) is 0 Å². The second-order valence-corrected chi connectivity index (χ2v) is 7.44. The molecule has 1 aliphatic rings. The van der Waals surface area contributed by atoms with Crippen molar-refractivity contribution in [1.29, 1.82) is 0 Å². The fourth-order valence-corrected chi connectivity index (χ4v) is 2.84. The molecule has 0 unspecified atom stereocenters. The largest absolute Gasteiger partial charge is 0.376 e. The van der Waals surface area contributed by atoms with Crippen molar-refractivity contribution in [3.05, 3.63) is 0 Å². The van der Waals surface area contributed by atoms with Gasteiger partial charge in [-0.3, -0.25) is 0 Å². The van der Waals surface area contributed by atoms with Crippen LogP contribution in [0.15, 0.2) is 0 Å². The lowest BCUT2D eigenvalue weighted by atomic mass is 9.82. The highest BCUT2D eigenvalue weighted by molar-refractivity contribution is 4.87. The zero-order chi connectivity index (χ0) is 13.6. The Hall–Kier alpha value is -0.0800. The Morgan fingerprint density at radius 1 is 1.17 bits per heavy atom. The monoisotopic (exact) mass is 255 g/mol. The normalized spacial score (nSPS) is 19.7. The van der Waals surface area contributed by atoms with Crippen LogP contribution in [0.5, 0.6) is 0 Å². The van der Waals surface area contributed by atoms with Gasteiger partial charge in [0.15, 0.2) is 0 Å². The van der Waals surface area contributed by atoms with Gasteiger partial charge < -0.3 is 10.1 Å². The zero-order valence-electron chi connectivity index (χ0n) is 13.1. The molecule has 1 aliphatic carbocycles. The number of ether oxygens (including phenoxy) is 1. The van der Waals surface area contributed by atoms with Gasteiger partial charge in [-0.1, -0.05) is 26.7 Å². The molecule has 0 aromatic rings. The van der Waals surface area contributed by atoms with Gasteiger partial charge in [0.1, 0.15) is 0 Å². The van der Waals surface area contributed by atoms with E-state index in [4.69, 9.17) is 4.74 Å². The highest BCUT2D eigenvalue weighted by Gasteiger charge is 2.33. The van der Waals surface area contributed by atoms with Gasteiger partial charge in [-0.25, -0.2) is 0 Å². The fraction of sp³-hybridized carbons (Fsp3) is 1.00. The third-order valence-electron chi connectivity index (χ3n) is 3.88. The lowest BCUT2D eigenvalue weighted by Gasteiger charge is -2.31. The molecule has 0 amide bonds. The molecule has 0 aliphatic heterocycles. The summed E-state index contributed by atoms with van der Waals surface area (Å²) < 4.78 is 5.92. The standard InChI is InChI=1S/C16H33NO/c1-14(2)12-17-13-16(8-6-7-9-16)10-11-18-15(3,4)5/h14,17H,6-13H2,1-5H3. The van der Waals surface area contributed by atoms with Gasteiger partial charge in [0.2, 0.25) is 0 Å². The van der Waals surface area contributed by atoms with Gasteiger partial charge in [-0.2, -0.15) is 0 Å². The van der Waals surface area contributed by atoms with Crippen LogP contribution in [0, 0.1) is 11.3 Å². The predicted molar refractivity (Wildman–Crippen MR) is 78.9 cm³/mol. The summed E-state index contributed by atoms with van der Waals surface area (Å²) in [5, 5.41) is 3.66. The van der Waals surface area contributed by atoms with Crippen molar-refractivity contribution >= 4 is 0 Å². The van der Waals surface area contributed by atoms with Crippen molar-refractivity contribution in [2.75, 3.05) is 19.7 Å². The van der Waals surface area contributed by atoms with E-state index in [1.807, 2.05) is 0 Å². The van der Waals surface area contributed by atoms with Gasteiger partial charge >= 0.3 is 0 Å². The van der Waals surface area contributed by atoms with Crippen molar-refractivity contribution in [1.82, 2.24) is 5.32 Å². The Kier molecular flexibility index (Phi) is 6.13. The third-order valence-corrected chi connectivity index (χ3v) is 3.88. The zero-order valence-corrected chi connectivity index (χ0v) is 13.1. The summed E-state index contributed by atoms with van der Waals surface area (Å²) in [4.78, 5) is 0. The van der Waals surface area contributed by atoms with Crippen LogP contribution in [-0.2, 0) is 4.74 Å². The van der Waals surface area contributed by atoms with Crippen LogP contribution in [0.3, 0.4) is 0 Å². The number of hydrogen-bond donors (Lipinski definition) is 1. The van der Waals surface area contributed by atoms with Crippen LogP contribution < -0.4 is 5.32 Å². The molecule has 108 valence electrons. The predicted octanol–water partition coefficient (Wildman–Crippen LogP) is 4.00. The molecule has 0 heterocycles. The summed E-state index contributed by atoms with van der Waals surface area (Å²) in [5.74, 6) is 0.745. The summed E-state index contributed by atoms with van der Waals surface area (Å²) in [6.45, 7) is 14.2. The molecule has 0 aromatic carbocycles. The van der Waals surface area contributed by atoms with Crippen molar-refractivity contribution < 1.29 is 4.74 Å². The average Bonchev–Trinajstić information content (AvgIpc) is 2.64. The molecule has 1 saturated carbocycles. The quantitative estimate of drug-likeness (QED) is 0.742. The first kappa shape index (κ1) is 16.0. The molecule has 0 spiro atoms. The topological polar surface area (TPSA) is 21.3 Å². The average molecular weight is 255 g/mol. The van der Waals surface area contributed by atoms with E-state index in [0.717, 1.165) is 19.1 Å². The van der Waals surface area contributed by atoms with E-state index in [-0.39, 0.29) is 5.60 Å². The maximum absolute atomic E-state index is 5.92. The summed E-state index contributed by atoms with van der Waals surface area (Å²) >= 11 is 0. The van der Waals surface area contributed by atoms with Gasteiger partial charge in [0.25, 0.3) is 0 Å². The van der Waals surface area contributed by atoms with Crippen LogP contribution in [0.1, 0.15) is 66.7 Å². The lowest BCUT2D eigenvalue weighted by molar-refractivity contribution is -0.0183. The van der Waals surface area contributed by atoms with E-state index in [0.29, 0.717) is 5.41 Å². The van der Waals surface area contributed by atoms with Crippen LogP contribution in [0.25, 0.3) is 0 Å². The number of hydrogen-bond acceptors (Lipinski definition) is 2. The SMILES string of the molecule is CC(C)CNCC1(CCOC(C)(C)C)CCCC1. The summed E-state index contributed by atoms with van der Waals surface area (Å²) in [6, 6.07) is 0. The first-order valence-electron chi connectivity index (χ1n) is 7.68.